The summed E-state index contributed by atoms with van der Waals surface area (Å²) < 4.78 is 18.3. The van der Waals surface area contributed by atoms with Gasteiger partial charge in [-0.3, -0.25) is 9.59 Å². The number of hydrogen-bond donors (Lipinski definition) is 2. The minimum absolute atomic E-state index is 0.153. The molecule has 35 heavy (non-hydrogen) atoms. The molecule has 0 saturated heterocycles. The summed E-state index contributed by atoms with van der Waals surface area (Å²) in [6.45, 7) is 0. The van der Waals surface area contributed by atoms with E-state index in [0.29, 0.717) is 22.7 Å². The molecule has 0 aliphatic heterocycles. The van der Waals surface area contributed by atoms with Crippen LogP contribution in [0, 0.1) is 5.82 Å². The molecule has 1 atom stereocenters. The molecule has 0 heterocycles. The first-order valence-corrected chi connectivity index (χ1v) is 11.7. The van der Waals surface area contributed by atoms with E-state index in [-0.39, 0.29) is 11.8 Å². The number of rotatable bonds is 8. The minimum atomic E-state index is -0.488. The number of ether oxygens (including phenoxy) is 1. The molecule has 0 aromatic heterocycles. The summed E-state index contributed by atoms with van der Waals surface area (Å²) >= 11 is 1.41. The zero-order valence-electron chi connectivity index (χ0n) is 18.9. The molecule has 4 aromatic rings. The van der Waals surface area contributed by atoms with E-state index in [1.807, 2.05) is 42.5 Å². The van der Waals surface area contributed by atoms with Gasteiger partial charge in [0.2, 0.25) is 5.91 Å². The van der Waals surface area contributed by atoms with Crippen LogP contribution in [0.1, 0.15) is 21.2 Å². The van der Waals surface area contributed by atoms with Crippen molar-refractivity contribution in [3.8, 4) is 5.75 Å². The van der Waals surface area contributed by atoms with Gasteiger partial charge in [-0.05, 0) is 78.4 Å². The fraction of sp³-hybridized carbons (Fsp3) is 0.0714. The van der Waals surface area contributed by atoms with Crippen molar-refractivity contribution in [1.29, 1.82) is 0 Å². The second kappa shape index (κ2) is 11.4. The maximum absolute atomic E-state index is 13.2. The van der Waals surface area contributed by atoms with Crippen LogP contribution in [0.4, 0.5) is 15.8 Å². The molecule has 0 aliphatic rings. The van der Waals surface area contributed by atoms with Crippen molar-refractivity contribution < 1.29 is 18.7 Å². The lowest BCUT2D eigenvalue weighted by Crippen LogP contribution is -2.19. The Morgan fingerprint density at radius 3 is 2.00 bits per heavy atom. The fourth-order valence-electron chi connectivity index (χ4n) is 3.34. The molecule has 0 saturated carbocycles. The van der Waals surface area contributed by atoms with Crippen molar-refractivity contribution in [1.82, 2.24) is 0 Å². The summed E-state index contributed by atoms with van der Waals surface area (Å²) in [5.74, 6) is -0.165. The minimum Gasteiger partial charge on any atom is -0.497 e. The van der Waals surface area contributed by atoms with Crippen molar-refractivity contribution in [3.05, 3.63) is 120 Å². The zero-order chi connectivity index (χ0) is 24.6. The molecule has 0 fully saturated rings. The van der Waals surface area contributed by atoms with Crippen LogP contribution in [0.15, 0.2) is 108 Å². The number of benzene rings is 4. The van der Waals surface area contributed by atoms with Crippen molar-refractivity contribution in [2.45, 2.75) is 10.1 Å². The molecule has 7 heteroatoms. The third-order valence-corrected chi connectivity index (χ3v) is 6.44. The van der Waals surface area contributed by atoms with Gasteiger partial charge in [0.1, 0.15) is 16.8 Å². The Morgan fingerprint density at radius 2 is 1.37 bits per heavy atom. The van der Waals surface area contributed by atoms with Gasteiger partial charge >= 0.3 is 0 Å². The summed E-state index contributed by atoms with van der Waals surface area (Å²) in [6.07, 6.45) is 0. The van der Waals surface area contributed by atoms with Crippen LogP contribution in [-0.4, -0.2) is 18.9 Å². The van der Waals surface area contributed by atoms with Crippen molar-refractivity contribution in [3.63, 3.8) is 0 Å². The monoisotopic (exact) mass is 486 g/mol. The number of carbonyl (C=O) groups excluding carboxylic acids is 2. The Balaban J connectivity index is 1.47. The van der Waals surface area contributed by atoms with Gasteiger partial charge in [-0.2, -0.15) is 0 Å². The second-order valence-electron chi connectivity index (χ2n) is 7.61. The van der Waals surface area contributed by atoms with Crippen LogP contribution in [-0.2, 0) is 4.79 Å². The molecule has 2 N–H and O–H groups in total. The Labute approximate surface area is 207 Å². The van der Waals surface area contributed by atoms with Crippen LogP contribution in [0.5, 0.6) is 5.75 Å². The van der Waals surface area contributed by atoms with Gasteiger partial charge in [-0.15, -0.1) is 11.8 Å². The Kier molecular flexibility index (Phi) is 7.80. The number of hydrogen-bond acceptors (Lipinski definition) is 4. The number of amides is 2. The first-order valence-electron chi connectivity index (χ1n) is 10.9. The lowest BCUT2D eigenvalue weighted by molar-refractivity contribution is -0.115. The van der Waals surface area contributed by atoms with Crippen molar-refractivity contribution in [2.24, 2.45) is 0 Å². The lowest BCUT2D eigenvalue weighted by atomic mass is 10.1. The van der Waals surface area contributed by atoms with Gasteiger partial charge in [0.05, 0.1) is 7.11 Å². The normalized spacial score (nSPS) is 11.4. The molecular formula is C28H23FN2O3S. The van der Waals surface area contributed by atoms with E-state index in [1.54, 1.807) is 43.5 Å². The van der Waals surface area contributed by atoms with E-state index in [0.717, 1.165) is 10.5 Å². The average molecular weight is 487 g/mol. The molecule has 4 aromatic carbocycles. The largest absolute Gasteiger partial charge is 0.497 e. The summed E-state index contributed by atoms with van der Waals surface area (Å²) in [6, 6.07) is 29.3. The Bertz CT molecular complexity index is 1280. The van der Waals surface area contributed by atoms with Crippen LogP contribution in [0.25, 0.3) is 0 Å². The highest BCUT2D eigenvalue weighted by atomic mass is 32.2. The Morgan fingerprint density at radius 1 is 0.771 bits per heavy atom. The van der Waals surface area contributed by atoms with Crippen LogP contribution in [0.2, 0.25) is 0 Å². The highest BCUT2D eigenvalue weighted by molar-refractivity contribution is 8.00. The molecule has 4 rings (SSSR count). The number of nitrogens with one attached hydrogen (secondary N) is 2. The quantitative estimate of drug-likeness (QED) is 0.277. The summed E-state index contributed by atoms with van der Waals surface area (Å²) in [4.78, 5) is 26.5. The number of halogens is 1. The summed E-state index contributed by atoms with van der Waals surface area (Å²) in [7, 11) is 1.59. The van der Waals surface area contributed by atoms with Gasteiger partial charge < -0.3 is 15.4 Å². The maximum atomic E-state index is 13.2. The van der Waals surface area contributed by atoms with Gasteiger partial charge in [0.15, 0.2) is 0 Å². The molecule has 1 unspecified atom stereocenters. The molecule has 5 nitrogen and oxygen atoms in total. The molecule has 0 bridgehead atoms. The highest BCUT2D eigenvalue weighted by Crippen LogP contribution is 2.37. The first kappa shape index (κ1) is 24.0. The molecular weight excluding hydrogens is 463 g/mol. The van der Waals surface area contributed by atoms with Gasteiger partial charge in [0.25, 0.3) is 5.91 Å². The van der Waals surface area contributed by atoms with Crippen LogP contribution < -0.4 is 15.4 Å². The topological polar surface area (TPSA) is 67.4 Å². The van der Waals surface area contributed by atoms with E-state index in [4.69, 9.17) is 4.74 Å². The summed E-state index contributed by atoms with van der Waals surface area (Å²) in [5.41, 5.74) is 2.51. The standard InChI is InChI=1S/C28H23FN2O3S/c1-34-24-15-11-22(12-16-24)31-28(33)26(19-5-3-2-4-6-19)35-25-17-13-23(14-18-25)30-27(32)20-7-9-21(29)10-8-20/h2-18,26H,1H3,(H,30,32)(H,31,33). The predicted molar refractivity (Wildman–Crippen MR) is 137 cm³/mol. The van der Waals surface area contributed by atoms with Gasteiger partial charge in [-0.1, -0.05) is 30.3 Å². The second-order valence-corrected chi connectivity index (χ2v) is 8.79. The Hall–Kier alpha value is -4.10. The van der Waals surface area contributed by atoms with Gasteiger partial charge in [-0.25, -0.2) is 4.39 Å². The summed E-state index contributed by atoms with van der Waals surface area (Å²) in [5, 5.41) is 5.28. The molecule has 0 aliphatic carbocycles. The third-order valence-electron chi connectivity index (χ3n) is 5.17. The van der Waals surface area contributed by atoms with Crippen LogP contribution in [0.3, 0.4) is 0 Å². The smallest absolute Gasteiger partial charge is 0.255 e. The number of anilines is 2. The third kappa shape index (κ3) is 6.49. The van der Waals surface area contributed by atoms with Crippen molar-refractivity contribution >= 4 is 35.0 Å². The predicted octanol–water partition coefficient (Wildman–Crippen LogP) is 6.56. The number of thioether (sulfide) groups is 1. The highest BCUT2D eigenvalue weighted by Gasteiger charge is 2.22. The van der Waals surface area contributed by atoms with E-state index in [9.17, 15) is 14.0 Å². The average Bonchev–Trinajstić information content (AvgIpc) is 2.89. The molecule has 2 amide bonds. The zero-order valence-corrected chi connectivity index (χ0v) is 19.7. The first-order chi connectivity index (χ1) is 17.0. The van der Waals surface area contributed by atoms with E-state index >= 15 is 0 Å². The van der Waals surface area contributed by atoms with Gasteiger partial charge in [0, 0.05) is 21.8 Å². The maximum Gasteiger partial charge on any atom is 0.255 e. The van der Waals surface area contributed by atoms with Crippen LogP contribution >= 0.6 is 11.8 Å². The fourth-order valence-corrected chi connectivity index (χ4v) is 4.36. The SMILES string of the molecule is COc1ccc(NC(=O)C(Sc2ccc(NC(=O)c3ccc(F)cc3)cc2)c2ccccc2)cc1. The molecule has 176 valence electrons. The number of carbonyl (C=O) groups is 2. The molecule has 0 spiro atoms. The number of methoxy groups -OCH3 is 1. The lowest BCUT2D eigenvalue weighted by Gasteiger charge is -2.17. The van der Waals surface area contributed by atoms with E-state index < -0.39 is 11.1 Å². The molecule has 0 radical (unpaired) electrons. The van der Waals surface area contributed by atoms with Crippen molar-refractivity contribution in [2.75, 3.05) is 17.7 Å². The van der Waals surface area contributed by atoms with E-state index in [2.05, 4.69) is 10.6 Å². The van der Waals surface area contributed by atoms with E-state index in [1.165, 1.54) is 36.0 Å².